The Labute approximate surface area is 125 Å². The van der Waals surface area contributed by atoms with Crippen LogP contribution in [0.1, 0.15) is 44.5 Å². The van der Waals surface area contributed by atoms with Crippen LogP contribution in [-0.2, 0) is 6.42 Å². The van der Waals surface area contributed by atoms with Crippen molar-refractivity contribution in [2.75, 3.05) is 18.8 Å². The van der Waals surface area contributed by atoms with E-state index in [1.807, 2.05) is 12.1 Å². The van der Waals surface area contributed by atoms with Crippen LogP contribution in [0, 0.1) is 0 Å². The Balaban J connectivity index is 1.73. The number of hydrogen-bond donors (Lipinski definition) is 1. The first-order valence-electron chi connectivity index (χ1n) is 8.26. The quantitative estimate of drug-likeness (QED) is 0.878. The number of hydrogen-bond acceptors (Lipinski definition) is 3. The Kier molecular flexibility index (Phi) is 3.14. The van der Waals surface area contributed by atoms with Crippen molar-refractivity contribution in [3.05, 3.63) is 24.0 Å². The minimum Gasteiger partial charge on any atom is -0.399 e. The molecule has 2 aliphatic rings. The van der Waals surface area contributed by atoms with Gasteiger partial charge in [-0.3, -0.25) is 4.90 Å². The number of nitrogens with two attached hydrogens (primary N) is 1. The van der Waals surface area contributed by atoms with E-state index >= 15 is 0 Å². The van der Waals surface area contributed by atoms with Gasteiger partial charge in [-0.05, 0) is 43.9 Å². The van der Waals surface area contributed by atoms with E-state index in [1.165, 1.54) is 43.7 Å². The van der Waals surface area contributed by atoms with Gasteiger partial charge in [0.25, 0.3) is 0 Å². The van der Waals surface area contributed by atoms with Gasteiger partial charge in [-0.15, -0.1) is 0 Å². The average Bonchev–Trinajstić information content (AvgIpc) is 3.10. The second kappa shape index (κ2) is 5.02. The third-order valence-electron chi connectivity index (χ3n) is 4.88. The van der Waals surface area contributed by atoms with Gasteiger partial charge in [0.1, 0.15) is 5.82 Å². The molecule has 1 atom stereocenters. The molecule has 4 heteroatoms. The summed E-state index contributed by atoms with van der Waals surface area (Å²) in [6, 6.07) is 7.62. The maximum Gasteiger partial charge on any atom is 0.110 e. The van der Waals surface area contributed by atoms with Gasteiger partial charge in [0.2, 0.25) is 0 Å². The Bertz CT molecular complexity index is 656. The van der Waals surface area contributed by atoms with Gasteiger partial charge in [-0.25, -0.2) is 4.98 Å². The highest BCUT2D eigenvalue weighted by molar-refractivity contribution is 5.79. The van der Waals surface area contributed by atoms with Gasteiger partial charge in [0, 0.05) is 37.3 Å². The summed E-state index contributed by atoms with van der Waals surface area (Å²) in [4.78, 5) is 7.53. The Morgan fingerprint density at radius 3 is 2.86 bits per heavy atom. The van der Waals surface area contributed by atoms with Gasteiger partial charge < -0.3 is 10.3 Å². The predicted octanol–water partition coefficient (Wildman–Crippen LogP) is 2.98. The lowest BCUT2D eigenvalue weighted by atomic mass is 10.2. The molecular weight excluding hydrogens is 260 g/mol. The molecule has 2 N–H and O–H groups in total. The highest BCUT2D eigenvalue weighted by Gasteiger charge is 2.35. The van der Waals surface area contributed by atoms with E-state index < -0.39 is 0 Å². The summed E-state index contributed by atoms with van der Waals surface area (Å²) in [6.45, 7) is 4.66. The smallest absolute Gasteiger partial charge is 0.110 e. The van der Waals surface area contributed by atoms with Crippen molar-refractivity contribution in [1.82, 2.24) is 14.5 Å². The summed E-state index contributed by atoms with van der Waals surface area (Å²) in [5.74, 6) is 1.24. The summed E-state index contributed by atoms with van der Waals surface area (Å²) >= 11 is 0. The van der Waals surface area contributed by atoms with E-state index in [-0.39, 0.29) is 0 Å². The number of anilines is 1. The second-order valence-corrected chi connectivity index (χ2v) is 6.56. The summed E-state index contributed by atoms with van der Waals surface area (Å²) < 4.78 is 2.50. The molecule has 1 unspecified atom stereocenters. The van der Waals surface area contributed by atoms with Crippen molar-refractivity contribution < 1.29 is 0 Å². The third kappa shape index (κ3) is 2.31. The van der Waals surface area contributed by atoms with Gasteiger partial charge >= 0.3 is 0 Å². The molecule has 4 nitrogen and oxygen atoms in total. The molecule has 1 aliphatic carbocycles. The summed E-state index contributed by atoms with van der Waals surface area (Å²) in [5, 5.41) is 0. The Morgan fingerprint density at radius 1 is 1.24 bits per heavy atom. The molecule has 1 saturated carbocycles. The van der Waals surface area contributed by atoms with Crippen molar-refractivity contribution in [3.8, 4) is 0 Å². The number of benzene rings is 1. The first-order chi connectivity index (χ1) is 10.3. The van der Waals surface area contributed by atoms with E-state index in [0.29, 0.717) is 6.04 Å². The molecule has 1 aliphatic heterocycles. The Morgan fingerprint density at radius 2 is 2.10 bits per heavy atom. The molecule has 0 bridgehead atoms. The molecule has 0 amide bonds. The van der Waals surface area contributed by atoms with Crippen LogP contribution in [0.2, 0.25) is 0 Å². The fourth-order valence-electron chi connectivity index (χ4n) is 3.72. The number of rotatable bonds is 4. The SMILES string of the molecule is CCCc1nc2cc(N)ccc2n1C1CCN(C2CC2)C1. The van der Waals surface area contributed by atoms with Crippen molar-refractivity contribution >= 4 is 16.7 Å². The van der Waals surface area contributed by atoms with Crippen LogP contribution in [0.4, 0.5) is 5.69 Å². The van der Waals surface area contributed by atoms with Crippen LogP contribution in [0.5, 0.6) is 0 Å². The molecule has 21 heavy (non-hydrogen) atoms. The van der Waals surface area contributed by atoms with Gasteiger partial charge in [0.05, 0.1) is 11.0 Å². The zero-order chi connectivity index (χ0) is 14.4. The average molecular weight is 284 g/mol. The van der Waals surface area contributed by atoms with Crippen LogP contribution in [0.15, 0.2) is 18.2 Å². The van der Waals surface area contributed by atoms with Crippen molar-refractivity contribution in [3.63, 3.8) is 0 Å². The molecule has 1 aromatic heterocycles. The summed E-state index contributed by atoms with van der Waals surface area (Å²) in [7, 11) is 0. The van der Waals surface area contributed by atoms with Crippen LogP contribution < -0.4 is 5.73 Å². The highest BCUT2D eigenvalue weighted by Crippen LogP contribution is 2.35. The number of nitrogen functional groups attached to an aromatic ring is 1. The summed E-state index contributed by atoms with van der Waals surface area (Å²) in [5.41, 5.74) is 9.05. The maximum absolute atomic E-state index is 5.92. The molecule has 1 aromatic carbocycles. The number of aryl methyl sites for hydroxylation is 1. The summed E-state index contributed by atoms with van der Waals surface area (Å²) in [6.07, 6.45) is 6.24. The van der Waals surface area contributed by atoms with Crippen LogP contribution >= 0.6 is 0 Å². The molecule has 112 valence electrons. The van der Waals surface area contributed by atoms with Crippen LogP contribution in [0.3, 0.4) is 0 Å². The molecule has 4 rings (SSSR count). The highest BCUT2D eigenvalue weighted by atomic mass is 15.3. The largest absolute Gasteiger partial charge is 0.399 e. The zero-order valence-electron chi connectivity index (χ0n) is 12.8. The van der Waals surface area contributed by atoms with Gasteiger partial charge in [-0.2, -0.15) is 0 Å². The first-order valence-corrected chi connectivity index (χ1v) is 8.26. The molecular formula is C17H24N4. The third-order valence-corrected chi connectivity index (χ3v) is 4.88. The van der Waals surface area contributed by atoms with Crippen LogP contribution in [0.25, 0.3) is 11.0 Å². The van der Waals surface area contributed by atoms with E-state index in [0.717, 1.165) is 30.1 Å². The predicted molar refractivity (Wildman–Crippen MR) is 86.4 cm³/mol. The normalized spacial score (nSPS) is 23.2. The zero-order valence-corrected chi connectivity index (χ0v) is 12.8. The van der Waals surface area contributed by atoms with Crippen molar-refractivity contribution in [1.29, 1.82) is 0 Å². The Hall–Kier alpha value is -1.55. The van der Waals surface area contributed by atoms with E-state index in [4.69, 9.17) is 10.7 Å². The topological polar surface area (TPSA) is 47.1 Å². The molecule has 2 heterocycles. The van der Waals surface area contributed by atoms with E-state index in [9.17, 15) is 0 Å². The number of likely N-dealkylation sites (tertiary alicyclic amines) is 1. The number of imidazole rings is 1. The van der Waals surface area contributed by atoms with Crippen molar-refractivity contribution in [2.45, 2.75) is 51.1 Å². The second-order valence-electron chi connectivity index (χ2n) is 6.56. The molecule has 2 fully saturated rings. The number of fused-ring (bicyclic) bond motifs is 1. The lowest BCUT2D eigenvalue weighted by Gasteiger charge is -2.18. The minimum atomic E-state index is 0.584. The van der Waals surface area contributed by atoms with Crippen molar-refractivity contribution in [2.24, 2.45) is 0 Å². The number of nitrogens with zero attached hydrogens (tertiary/aromatic N) is 3. The lowest BCUT2D eigenvalue weighted by molar-refractivity contribution is 0.313. The molecule has 0 spiro atoms. The van der Waals surface area contributed by atoms with Gasteiger partial charge in [0.15, 0.2) is 0 Å². The molecule has 2 aromatic rings. The monoisotopic (exact) mass is 284 g/mol. The fraction of sp³-hybridized carbons (Fsp3) is 0.588. The minimum absolute atomic E-state index is 0.584. The van der Waals surface area contributed by atoms with E-state index in [1.54, 1.807) is 0 Å². The molecule has 1 saturated heterocycles. The standard InChI is InChI=1S/C17H24N4/c1-2-3-17-19-15-10-12(18)4-7-16(15)21(17)14-8-9-20(11-14)13-5-6-13/h4,7,10,13-14H,2-3,5-6,8-9,11,18H2,1H3. The number of aromatic nitrogens is 2. The maximum atomic E-state index is 5.92. The fourth-order valence-corrected chi connectivity index (χ4v) is 3.72. The molecule has 0 radical (unpaired) electrons. The first kappa shape index (κ1) is 13.1. The van der Waals surface area contributed by atoms with Gasteiger partial charge in [-0.1, -0.05) is 6.92 Å². The lowest BCUT2D eigenvalue weighted by Crippen LogP contribution is -2.24. The van der Waals surface area contributed by atoms with Crippen LogP contribution in [-0.4, -0.2) is 33.6 Å². The van der Waals surface area contributed by atoms with E-state index in [2.05, 4.69) is 22.5 Å².